The minimum Gasteiger partial charge on any atom is -0.396 e. The van der Waals surface area contributed by atoms with Gasteiger partial charge < -0.3 is 15.3 Å². The number of hydrogen-bond acceptors (Lipinski definition) is 4. The Bertz CT molecular complexity index is 417. The second-order valence-corrected chi connectivity index (χ2v) is 3.72. The molecule has 0 fully saturated rings. The van der Waals surface area contributed by atoms with Gasteiger partial charge in [-0.1, -0.05) is 6.07 Å². The summed E-state index contributed by atoms with van der Waals surface area (Å²) in [5.41, 5.74) is 0.512. The first-order chi connectivity index (χ1) is 8.10. The number of halogens is 1. The molecule has 3 N–H and O–H groups in total. The largest absolute Gasteiger partial charge is 0.396 e. The predicted molar refractivity (Wildman–Crippen MR) is 58.4 cm³/mol. The van der Waals surface area contributed by atoms with Crippen LogP contribution in [0.5, 0.6) is 0 Å². The van der Waals surface area contributed by atoms with Crippen LogP contribution in [0.15, 0.2) is 18.2 Å². The first-order valence-electron chi connectivity index (χ1n) is 5.22. The maximum Gasteiger partial charge on any atom is 0.129 e. The maximum atomic E-state index is 13.4. The van der Waals surface area contributed by atoms with Gasteiger partial charge in [0.25, 0.3) is 0 Å². The van der Waals surface area contributed by atoms with Crippen LogP contribution in [0, 0.1) is 17.1 Å². The van der Waals surface area contributed by atoms with Crippen molar-refractivity contribution < 1.29 is 19.7 Å². The smallest absolute Gasteiger partial charge is 0.129 e. The molecule has 0 aliphatic carbocycles. The van der Waals surface area contributed by atoms with Crippen molar-refractivity contribution in [2.75, 3.05) is 6.61 Å². The van der Waals surface area contributed by atoms with E-state index in [2.05, 4.69) is 0 Å². The summed E-state index contributed by atoms with van der Waals surface area (Å²) in [6.07, 6.45) is -2.56. The van der Waals surface area contributed by atoms with E-state index in [1.54, 1.807) is 0 Å². The highest BCUT2D eigenvalue weighted by molar-refractivity contribution is 5.29. The molecule has 0 heterocycles. The monoisotopic (exact) mass is 239 g/mol. The Hall–Kier alpha value is -1.48. The number of hydrogen-bond donors (Lipinski definition) is 3. The standard InChI is InChI=1S/C12H14FNO3/c13-10-2-1-8(3-5-14)7-9(10)12(17)11(16)4-6-15/h1-2,7,11-12,15-17H,3-4,6H2. The summed E-state index contributed by atoms with van der Waals surface area (Å²) in [4.78, 5) is 0. The van der Waals surface area contributed by atoms with Crippen LogP contribution in [0.25, 0.3) is 0 Å². The molecule has 0 aromatic heterocycles. The summed E-state index contributed by atoms with van der Waals surface area (Å²) in [5.74, 6) is -0.642. The summed E-state index contributed by atoms with van der Waals surface area (Å²) in [5, 5.41) is 36.3. The Morgan fingerprint density at radius 2 is 2.06 bits per heavy atom. The third kappa shape index (κ3) is 3.49. The normalized spacial score (nSPS) is 14.1. The summed E-state index contributed by atoms with van der Waals surface area (Å²) >= 11 is 0. The topological polar surface area (TPSA) is 84.5 Å². The van der Waals surface area contributed by atoms with Gasteiger partial charge in [0, 0.05) is 12.2 Å². The lowest BCUT2D eigenvalue weighted by molar-refractivity contribution is 0.00233. The van der Waals surface area contributed by atoms with Crippen LogP contribution in [0.2, 0.25) is 0 Å². The average molecular weight is 239 g/mol. The van der Waals surface area contributed by atoms with Crippen LogP contribution in [-0.2, 0) is 6.42 Å². The van der Waals surface area contributed by atoms with Crippen molar-refractivity contribution in [3.05, 3.63) is 35.1 Å². The average Bonchev–Trinajstić information content (AvgIpc) is 2.31. The molecule has 1 aromatic rings. The van der Waals surface area contributed by atoms with Crippen molar-refractivity contribution in [1.29, 1.82) is 5.26 Å². The van der Waals surface area contributed by atoms with Gasteiger partial charge in [-0.05, 0) is 24.1 Å². The molecular weight excluding hydrogens is 225 g/mol. The van der Waals surface area contributed by atoms with Crippen molar-refractivity contribution in [2.24, 2.45) is 0 Å². The molecule has 4 nitrogen and oxygen atoms in total. The zero-order valence-electron chi connectivity index (χ0n) is 9.17. The molecule has 0 radical (unpaired) electrons. The van der Waals surface area contributed by atoms with Gasteiger partial charge in [0.1, 0.15) is 11.9 Å². The molecular formula is C12H14FNO3. The Labute approximate surface area is 98.6 Å². The Morgan fingerprint density at radius 1 is 1.35 bits per heavy atom. The van der Waals surface area contributed by atoms with E-state index < -0.39 is 18.0 Å². The van der Waals surface area contributed by atoms with Crippen LogP contribution in [0.4, 0.5) is 4.39 Å². The fourth-order valence-electron chi connectivity index (χ4n) is 1.52. The van der Waals surface area contributed by atoms with E-state index in [4.69, 9.17) is 10.4 Å². The van der Waals surface area contributed by atoms with Crippen molar-refractivity contribution in [3.63, 3.8) is 0 Å². The molecule has 1 aromatic carbocycles. The van der Waals surface area contributed by atoms with Crippen LogP contribution in [-0.4, -0.2) is 28.0 Å². The van der Waals surface area contributed by atoms with E-state index in [1.807, 2.05) is 6.07 Å². The number of aliphatic hydroxyl groups excluding tert-OH is 3. The summed E-state index contributed by atoms with van der Waals surface area (Å²) in [6, 6.07) is 5.87. The van der Waals surface area contributed by atoms with Gasteiger partial charge >= 0.3 is 0 Å². The molecule has 5 heteroatoms. The minimum atomic E-state index is -1.40. The quantitative estimate of drug-likeness (QED) is 0.705. The summed E-state index contributed by atoms with van der Waals surface area (Å²) in [6.45, 7) is -0.294. The van der Waals surface area contributed by atoms with Gasteiger partial charge in [0.2, 0.25) is 0 Å². The molecule has 0 aliphatic rings. The Morgan fingerprint density at radius 3 is 2.65 bits per heavy atom. The van der Waals surface area contributed by atoms with Gasteiger partial charge in [0.05, 0.1) is 18.6 Å². The first-order valence-corrected chi connectivity index (χ1v) is 5.22. The number of rotatable bonds is 5. The minimum absolute atomic E-state index is 0.0386. The van der Waals surface area contributed by atoms with E-state index in [1.165, 1.54) is 12.1 Å². The van der Waals surface area contributed by atoms with Crippen molar-refractivity contribution in [2.45, 2.75) is 25.0 Å². The molecule has 2 atom stereocenters. The number of aliphatic hydroxyl groups is 3. The Kier molecular flexibility index (Phi) is 5.04. The lowest BCUT2D eigenvalue weighted by Crippen LogP contribution is -2.20. The van der Waals surface area contributed by atoms with Crippen LogP contribution in [0.3, 0.4) is 0 Å². The highest BCUT2D eigenvalue weighted by atomic mass is 19.1. The maximum absolute atomic E-state index is 13.4. The lowest BCUT2D eigenvalue weighted by Gasteiger charge is -2.18. The second kappa shape index (κ2) is 6.30. The highest BCUT2D eigenvalue weighted by Crippen LogP contribution is 2.23. The summed E-state index contributed by atoms with van der Waals surface area (Å²) in [7, 11) is 0. The zero-order valence-corrected chi connectivity index (χ0v) is 9.17. The molecule has 1 rings (SSSR count). The molecule has 0 saturated carbocycles. The molecule has 0 amide bonds. The number of benzene rings is 1. The van der Waals surface area contributed by atoms with Gasteiger partial charge in [-0.2, -0.15) is 5.26 Å². The van der Waals surface area contributed by atoms with E-state index in [9.17, 15) is 14.6 Å². The van der Waals surface area contributed by atoms with Gasteiger partial charge in [-0.25, -0.2) is 4.39 Å². The highest BCUT2D eigenvalue weighted by Gasteiger charge is 2.21. The molecule has 0 saturated heterocycles. The molecule has 0 aliphatic heterocycles. The SMILES string of the molecule is N#CCc1ccc(F)c(C(O)C(O)CCO)c1. The fourth-order valence-corrected chi connectivity index (χ4v) is 1.52. The third-order valence-electron chi connectivity index (χ3n) is 2.45. The number of nitrogens with zero attached hydrogens (tertiary/aromatic N) is 1. The van der Waals surface area contributed by atoms with Crippen molar-refractivity contribution >= 4 is 0 Å². The first kappa shape index (κ1) is 13.6. The van der Waals surface area contributed by atoms with E-state index in [0.717, 1.165) is 6.07 Å². The summed E-state index contributed by atoms with van der Waals surface area (Å²) < 4.78 is 13.4. The van der Waals surface area contributed by atoms with Crippen molar-refractivity contribution in [1.82, 2.24) is 0 Å². The predicted octanol–water partition coefficient (Wildman–Crippen LogP) is 0.668. The molecule has 0 spiro atoms. The van der Waals surface area contributed by atoms with Crippen molar-refractivity contribution in [3.8, 4) is 6.07 Å². The van der Waals surface area contributed by atoms with Gasteiger partial charge in [-0.3, -0.25) is 0 Å². The van der Waals surface area contributed by atoms with Crippen LogP contribution >= 0.6 is 0 Å². The third-order valence-corrected chi connectivity index (χ3v) is 2.45. The zero-order chi connectivity index (χ0) is 12.8. The van der Waals surface area contributed by atoms with Crippen LogP contribution < -0.4 is 0 Å². The fraction of sp³-hybridized carbons (Fsp3) is 0.417. The molecule has 2 unspecified atom stereocenters. The van der Waals surface area contributed by atoms with E-state index >= 15 is 0 Å². The van der Waals surface area contributed by atoms with E-state index in [-0.39, 0.29) is 25.0 Å². The molecule has 17 heavy (non-hydrogen) atoms. The molecule has 92 valence electrons. The molecule has 0 bridgehead atoms. The van der Waals surface area contributed by atoms with E-state index in [0.29, 0.717) is 5.56 Å². The second-order valence-electron chi connectivity index (χ2n) is 3.72. The Balaban J connectivity index is 2.95. The number of nitriles is 1. The van der Waals surface area contributed by atoms with Gasteiger partial charge in [0.15, 0.2) is 0 Å². The van der Waals surface area contributed by atoms with Crippen LogP contribution in [0.1, 0.15) is 23.7 Å². The lowest BCUT2D eigenvalue weighted by atomic mass is 9.99. The van der Waals surface area contributed by atoms with Gasteiger partial charge in [-0.15, -0.1) is 0 Å².